The Morgan fingerprint density at radius 3 is 2.31 bits per heavy atom. The first-order valence-electron chi connectivity index (χ1n) is 11.7. The van der Waals surface area contributed by atoms with Gasteiger partial charge in [-0.05, 0) is 49.9 Å². The van der Waals surface area contributed by atoms with Gasteiger partial charge in [-0.25, -0.2) is 4.79 Å². The van der Waals surface area contributed by atoms with Gasteiger partial charge in [0.15, 0.2) is 24.7 Å². The molecule has 0 aliphatic carbocycles. The lowest BCUT2D eigenvalue weighted by molar-refractivity contribution is -0.134. The molecule has 0 bridgehead atoms. The molecule has 1 heterocycles. The molecule has 0 aromatic heterocycles. The maximum absolute atomic E-state index is 12.4. The minimum absolute atomic E-state index is 0.0416. The number of amides is 3. The summed E-state index contributed by atoms with van der Waals surface area (Å²) in [5.74, 6) is -1.44. The molecular formula is C26H30N2O7. The van der Waals surface area contributed by atoms with E-state index in [1.165, 1.54) is 18.2 Å². The fourth-order valence-electron chi connectivity index (χ4n) is 3.63. The number of nitrogens with zero attached hydrogens (tertiary/aromatic N) is 1. The summed E-state index contributed by atoms with van der Waals surface area (Å²) in [5, 5.41) is 2.19. The molecule has 1 aliphatic rings. The van der Waals surface area contributed by atoms with E-state index in [2.05, 4.69) is 5.32 Å². The van der Waals surface area contributed by atoms with Gasteiger partial charge >= 0.3 is 5.97 Å². The maximum Gasteiger partial charge on any atom is 0.338 e. The molecule has 1 fully saturated rings. The van der Waals surface area contributed by atoms with Gasteiger partial charge in [0.1, 0.15) is 0 Å². The summed E-state index contributed by atoms with van der Waals surface area (Å²) >= 11 is 0. The molecular weight excluding hydrogens is 452 g/mol. The number of carbonyl (C=O) groups is 4. The van der Waals surface area contributed by atoms with Gasteiger partial charge in [0, 0.05) is 13.1 Å². The van der Waals surface area contributed by atoms with Crippen LogP contribution in [-0.4, -0.2) is 61.5 Å². The van der Waals surface area contributed by atoms with E-state index in [4.69, 9.17) is 14.2 Å². The lowest BCUT2D eigenvalue weighted by Crippen LogP contribution is -2.38. The highest BCUT2D eigenvalue weighted by Gasteiger charge is 2.19. The van der Waals surface area contributed by atoms with E-state index < -0.39 is 24.4 Å². The highest BCUT2D eigenvalue weighted by molar-refractivity contribution is 5.98. The molecule has 0 unspecified atom stereocenters. The summed E-state index contributed by atoms with van der Waals surface area (Å²) in [6.07, 6.45) is 3.15. The van der Waals surface area contributed by atoms with Gasteiger partial charge in [-0.15, -0.1) is 0 Å². The van der Waals surface area contributed by atoms with Crippen molar-refractivity contribution >= 4 is 23.7 Å². The van der Waals surface area contributed by atoms with Crippen molar-refractivity contribution in [2.24, 2.45) is 0 Å². The average Bonchev–Trinajstić information content (AvgIpc) is 2.87. The van der Waals surface area contributed by atoms with Gasteiger partial charge in [0.2, 0.25) is 5.91 Å². The number of likely N-dealkylation sites (tertiary alicyclic amines) is 1. The zero-order valence-corrected chi connectivity index (χ0v) is 19.8. The standard InChI is InChI=1S/C26H30N2O7/c1-2-33-22-16-20(11-12-21(22)34-18-25(31)28-13-7-4-8-14-28)26(32)35-17-24(30)27-23(29)15-19-9-5-3-6-10-19/h3,5-6,9-12,16H,2,4,7-8,13-15,17-18H2,1H3,(H,27,29,30). The van der Waals surface area contributed by atoms with Crippen molar-refractivity contribution in [1.29, 1.82) is 0 Å². The SMILES string of the molecule is CCOc1cc(C(=O)OCC(=O)NC(=O)Cc2ccccc2)ccc1OCC(=O)N1CCCCC1. The first-order chi connectivity index (χ1) is 17.0. The highest BCUT2D eigenvalue weighted by Crippen LogP contribution is 2.29. The van der Waals surface area contributed by atoms with Gasteiger partial charge in [-0.3, -0.25) is 19.7 Å². The third kappa shape index (κ3) is 8.13. The Morgan fingerprint density at radius 1 is 0.857 bits per heavy atom. The molecule has 1 N–H and O–H groups in total. The number of piperidine rings is 1. The van der Waals surface area contributed by atoms with E-state index in [0.717, 1.165) is 37.9 Å². The van der Waals surface area contributed by atoms with Gasteiger partial charge in [0.05, 0.1) is 18.6 Å². The molecule has 186 valence electrons. The van der Waals surface area contributed by atoms with Crippen molar-refractivity contribution in [1.82, 2.24) is 10.2 Å². The summed E-state index contributed by atoms with van der Waals surface area (Å²) in [6.45, 7) is 2.84. The van der Waals surface area contributed by atoms with Crippen LogP contribution in [0.25, 0.3) is 0 Å². The normalized spacial score (nSPS) is 13.0. The molecule has 3 rings (SSSR count). The predicted octanol–water partition coefficient (Wildman–Crippen LogP) is 2.52. The number of nitrogens with one attached hydrogen (secondary N) is 1. The van der Waals surface area contributed by atoms with Gasteiger partial charge in [-0.2, -0.15) is 0 Å². The molecule has 35 heavy (non-hydrogen) atoms. The average molecular weight is 483 g/mol. The molecule has 1 saturated heterocycles. The molecule has 1 aliphatic heterocycles. The topological polar surface area (TPSA) is 111 Å². The van der Waals surface area contributed by atoms with E-state index in [0.29, 0.717) is 12.4 Å². The first-order valence-corrected chi connectivity index (χ1v) is 11.7. The summed E-state index contributed by atoms with van der Waals surface area (Å²) < 4.78 is 16.3. The van der Waals surface area contributed by atoms with Crippen molar-refractivity contribution in [3.05, 3.63) is 59.7 Å². The molecule has 0 atom stereocenters. The largest absolute Gasteiger partial charge is 0.490 e. The fraction of sp³-hybridized carbons (Fsp3) is 0.385. The number of carbonyl (C=O) groups excluding carboxylic acids is 4. The molecule has 3 amide bonds. The number of rotatable bonds is 10. The number of esters is 1. The van der Waals surface area contributed by atoms with Crippen LogP contribution in [0.4, 0.5) is 0 Å². The third-order valence-electron chi connectivity index (χ3n) is 5.36. The van der Waals surface area contributed by atoms with Crippen LogP contribution in [0.5, 0.6) is 11.5 Å². The van der Waals surface area contributed by atoms with Crippen molar-refractivity contribution in [2.75, 3.05) is 32.9 Å². The minimum atomic E-state index is -0.757. The first kappa shape index (κ1) is 25.7. The lowest BCUT2D eigenvalue weighted by Gasteiger charge is -2.26. The van der Waals surface area contributed by atoms with E-state index in [9.17, 15) is 19.2 Å². The van der Waals surface area contributed by atoms with Crippen LogP contribution in [-0.2, 0) is 25.5 Å². The second-order valence-corrected chi connectivity index (χ2v) is 8.03. The number of hydrogen-bond acceptors (Lipinski definition) is 7. The van der Waals surface area contributed by atoms with Gasteiger partial charge in [0.25, 0.3) is 11.8 Å². The Hall–Kier alpha value is -3.88. The number of hydrogen-bond donors (Lipinski definition) is 1. The summed E-state index contributed by atoms with van der Waals surface area (Å²) in [5.41, 5.74) is 0.907. The molecule has 2 aromatic rings. The monoisotopic (exact) mass is 482 g/mol. The number of ether oxygens (including phenoxy) is 3. The van der Waals surface area contributed by atoms with Crippen LogP contribution in [0, 0.1) is 0 Å². The summed E-state index contributed by atoms with van der Waals surface area (Å²) in [7, 11) is 0. The number of benzene rings is 2. The lowest BCUT2D eigenvalue weighted by atomic mass is 10.1. The molecule has 0 radical (unpaired) electrons. The predicted molar refractivity (Wildman–Crippen MR) is 127 cm³/mol. The van der Waals surface area contributed by atoms with Gasteiger partial charge in [-0.1, -0.05) is 30.3 Å². The highest BCUT2D eigenvalue weighted by atomic mass is 16.5. The van der Waals surface area contributed by atoms with Crippen molar-refractivity contribution in [3.63, 3.8) is 0 Å². The van der Waals surface area contributed by atoms with Crippen LogP contribution in [0.1, 0.15) is 42.1 Å². The molecule has 0 spiro atoms. The van der Waals surface area contributed by atoms with Gasteiger partial charge < -0.3 is 19.1 Å². The van der Waals surface area contributed by atoms with Crippen molar-refractivity contribution in [3.8, 4) is 11.5 Å². The Bertz CT molecular complexity index is 1030. The van der Waals surface area contributed by atoms with E-state index in [-0.39, 0.29) is 30.2 Å². The third-order valence-corrected chi connectivity index (χ3v) is 5.36. The Kier molecular flexibility index (Phi) is 9.65. The van der Waals surface area contributed by atoms with Crippen LogP contribution < -0.4 is 14.8 Å². The zero-order chi connectivity index (χ0) is 25.0. The molecule has 9 nitrogen and oxygen atoms in total. The Labute approximate surface area is 204 Å². The summed E-state index contributed by atoms with van der Waals surface area (Å²) in [6, 6.07) is 13.4. The quantitative estimate of drug-likeness (QED) is 0.518. The Morgan fingerprint density at radius 2 is 1.60 bits per heavy atom. The second-order valence-electron chi connectivity index (χ2n) is 8.03. The maximum atomic E-state index is 12.4. The van der Waals surface area contributed by atoms with Crippen LogP contribution >= 0.6 is 0 Å². The zero-order valence-electron chi connectivity index (χ0n) is 19.8. The van der Waals surface area contributed by atoms with E-state index in [1.54, 1.807) is 36.1 Å². The molecule has 0 saturated carbocycles. The van der Waals surface area contributed by atoms with Crippen molar-refractivity contribution in [2.45, 2.75) is 32.6 Å². The van der Waals surface area contributed by atoms with E-state index in [1.807, 2.05) is 6.07 Å². The fourth-order valence-corrected chi connectivity index (χ4v) is 3.63. The molecule has 2 aromatic carbocycles. The summed E-state index contributed by atoms with van der Waals surface area (Å²) in [4.78, 5) is 50.5. The van der Waals surface area contributed by atoms with Crippen molar-refractivity contribution < 1.29 is 33.4 Å². The smallest absolute Gasteiger partial charge is 0.338 e. The van der Waals surface area contributed by atoms with Crippen LogP contribution in [0.15, 0.2) is 48.5 Å². The molecule has 9 heteroatoms. The number of imide groups is 1. The second kappa shape index (κ2) is 13.1. The minimum Gasteiger partial charge on any atom is -0.490 e. The Balaban J connectivity index is 1.51. The van der Waals surface area contributed by atoms with Crippen LogP contribution in [0.3, 0.4) is 0 Å². The van der Waals surface area contributed by atoms with Crippen LogP contribution in [0.2, 0.25) is 0 Å². The van der Waals surface area contributed by atoms with E-state index >= 15 is 0 Å².